The lowest BCUT2D eigenvalue weighted by molar-refractivity contribution is 0.0696. The molecule has 2 N–H and O–H groups in total. The van der Waals surface area contributed by atoms with E-state index in [-0.39, 0.29) is 22.8 Å². The minimum Gasteiger partial charge on any atom is -0.478 e. The van der Waals surface area contributed by atoms with Gasteiger partial charge in [-0.2, -0.15) is 0 Å². The topological polar surface area (TPSA) is 95.9 Å². The number of carbonyl (C=O) groups is 1. The predicted octanol–water partition coefficient (Wildman–Crippen LogP) is 4.70. The van der Waals surface area contributed by atoms with Gasteiger partial charge in [-0.05, 0) is 50.0 Å². The average molecular weight is 451 g/mol. The predicted molar refractivity (Wildman–Crippen MR) is 123 cm³/mol. The smallest absolute Gasteiger partial charge is 0.335 e. The Balaban J connectivity index is 2.72. The highest BCUT2D eigenvalue weighted by molar-refractivity contribution is 7.89. The lowest BCUT2D eigenvalue weighted by atomic mass is 10.1. The first-order valence-corrected chi connectivity index (χ1v) is 12.5. The summed E-state index contributed by atoms with van der Waals surface area (Å²) in [5.41, 5.74) is 0.420. The van der Waals surface area contributed by atoms with Crippen molar-refractivity contribution in [1.82, 2.24) is 4.72 Å². The Morgan fingerprint density at radius 2 is 1.81 bits per heavy atom. The Labute approximate surface area is 185 Å². The summed E-state index contributed by atoms with van der Waals surface area (Å²) in [6, 6.07) is 2.71. The van der Waals surface area contributed by atoms with Crippen molar-refractivity contribution >= 4 is 21.7 Å². The number of unbranched alkanes of at least 4 members (excludes halogenated alkanes) is 2. The molecule has 172 valence electrons. The number of carboxylic acid groups (broad SMARTS) is 1. The second kappa shape index (κ2) is 11.9. The third-order valence-electron chi connectivity index (χ3n) is 4.99. The highest BCUT2D eigenvalue weighted by atomic mass is 32.2. The van der Waals surface area contributed by atoms with E-state index in [1.165, 1.54) is 12.1 Å². The second-order valence-corrected chi connectivity index (χ2v) is 9.25. The van der Waals surface area contributed by atoms with Gasteiger partial charge in [-0.1, -0.05) is 39.7 Å². The molecule has 0 atom stereocenters. The first-order chi connectivity index (χ1) is 14.8. The molecule has 0 radical (unpaired) electrons. The van der Waals surface area contributed by atoms with E-state index in [4.69, 9.17) is 4.74 Å². The molecule has 0 spiro atoms. The zero-order chi connectivity index (χ0) is 22.9. The molecule has 31 heavy (non-hydrogen) atoms. The van der Waals surface area contributed by atoms with Crippen LogP contribution >= 0.6 is 0 Å². The standard InChI is InChI=1S/C23H34N2O5S/c1-4-7-14-25(15-8-5-2)20-16-18(23(26)27)17-21(31(28,29)24-6-3)22(20)30-19-12-10-9-11-13-19/h10,12-13,16-17,24H,4-9,11,14-15H2,1-3H3,(H,26,27). The van der Waals surface area contributed by atoms with E-state index in [0.29, 0.717) is 24.5 Å². The van der Waals surface area contributed by atoms with Crippen molar-refractivity contribution in [2.24, 2.45) is 0 Å². The number of hydrogen-bond donors (Lipinski definition) is 2. The van der Waals surface area contributed by atoms with E-state index in [1.807, 2.05) is 23.1 Å². The van der Waals surface area contributed by atoms with Crippen LogP contribution in [0.3, 0.4) is 0 Å². The van der Waals surface area contributed by atoms with E-state index in [1.54, 1.807) is 6.92 Å². The summed E-state index contributed by atoms with van der Waals surface area (Å²) in [7, 11) is -3.96. The van der Waals surface area contributed by atoms with Crippen molar-refractivity contribution < 1.29 is 23.1 Å². The van der Waals surface area contributed by atoms with Gasteiger partial charge in [0.2, 0.25) is 10.0 Å². The summed E-state index contributed by atoms with van der Waals surface area (Å²) in [5.74, 6) is -0.436. The fourth-order valence-corrected chi connectivity index (χ4v) is 4.56. The van der Waals surface area contributed by atoms with Crippen molar-refractivity contribution in [2.45, 2.75) is 64.2 Å². The third kappa shape index (κ3) is 6.83. The van der Waals surface area contributed by atoms with Crippen LogP contribution in [-0.2, 0) is 10.0 Å². The molecule has 2 rings (SSSR count). The molecule has 1 aliphatic carbocycles. The molecule has 8 heteroatoms. The number of sulfonamides is 1. The molecule has 0 heterocycles. The molecule has 0 saturated heterocycles. The summed E-state index contributed by atoms with van der Waals surface area (Å²) in [4.78, 5) is 13.7. The van der Waals surface area contributed by atoms with Gasteiger partial charge in [0.1, 0.15) is 10.7 Å². The number of hydrogen-bond acceptors (Lipinski definition) is 5. The monoisotopic (exact) mass is 450 g/mol. The van der Waals surface area contributed by atoms with Gasteiger partial charge in [-0.25, -0.2) is 17.9 Å². The average Bonchev–Trinajstić information content (AvgIpc) is 2.74. The number of ether oxygens (including phenoxy) is 1. The van der Waals surface area contributed by atoms with E-state index >= 15 is 0 Å². The van der Waals surface area contributed by atoms with E-state index in [9.17, 15) is 18.3 Å². The van der Waals surface area contributed by atoms with Crippen molar-refractivity contribution in [1.29, 1.82) is 0 Å². The van der Waals surface area contributed by atoms with E-state index in [2.05, 4.69) is 18.6 Å². The van der Waals surface area contributed by atoms with Gasteiger partial charge < -0.3 is 14.7 Å². The lowest BCUT2D eigenvalue weighted by Gasteiger charge is -2.28. The molecule has 1 aromatic carbocycles. The van der Waals surface area contributed by atoms with Gasteiger partial charge in [-0.15, -0.1) is 0 Å². The first-order valence-electron chi connectivity index (χ1n) is 11.0. The second-order valence-electron chi connectivity index (χ2n) is 7.51. The summed E-state index contributed by atoms with van der Waals surface area (Å²) in [6.07, 6.45) is 11.2. The number of anilines is 1. The van der Waals surface area contributed by atoms with Gasteiger partial charge in [0, 0.05) is 19.6 Å². The molecular weight excluding hydrogens is 416 g/mol. The van der Waals surface area contributed by atoms with Gasteiger partial charge in [0.25, 0.3) is 0 Å². The number of rotatable bonds is 13. The maximum absolute atomic E-state index is 13.0. The number of benzene rings is 1. The zero-order valence-electron chi connectivity index (χ0n) is 18.7. The normalized spacial score (nSPS) is 13.7. The molecule has 0 bridgehead atoms. The molecule has 7 nitrogen and oxygen atoms in total. The summed E-state index contributed by atoms with van der Waals surface area (Å²) >= 11 is 0. The molecule has 0 aromatic heterocycles. The molecular formula is C23H34N2O5S. The fraction of sp³-hybridized carbons (Fsp3) is 0.522. The Kier molecular flexibility index (Phi) is 9.58. The molecule has 1 aromatic rings. The first kappa shape index (κ1) is 24.9. The van der Waals surface area contributed by atoms with Gasteiger partial charge in [0.05, 0.1) is 11.3 Å². The summed E-state index contributed by atoms with van der Waals surface area (Å²) in [6.45, 7) is 7.41. The molecule has 1 aliphatic rings. The van der Waals surface area contributed by atoms with Gasteiger partial charge in [0.15, 0.2) is 5.75 Å². The van der Waals surface area contributed by atoms with Crippen LogP contribution in [0.2, 0.25) is 0 Å². The molecule has 0 aliphatic heterocycles. The van der Waals surface area contributed by atoms with Crippen molar-refractivity contribution in [3.05, 3.63) is 41.7 Å². The number of carboxylic acids is 1. The van der Waals surface area contributed by atoms with Crippen LogP contribution in [0.4, 0.5) is 5.69 Å². The Hall–Kier alpha value is -2.32. The quantitative estimate of drug-likeness (QED) is 0.452. The lowest BCUT2D eigenvalue weighted by Crippen LogP contribution is -2.29. The van der Waals surface area contributed by atoms with Crippen LogP contribution in [0.15, 0.2) is 41.0 Å². The van der Waals surface area contributed by atoms with Crippen molar-refractivity contribution in [3.63, 3.8) is 0 Å². The Morgan fingerprint density at radius 3 is 2.32 bits per heavy atom. The Bertz CT molecular complexity index is 914. The number of aromatic carboxylic acids is 1. The van der Waals surface area contributed by atoms with Crippen molar-refractivity contribution in [2.75, 3.05) is 24.5 Å². The maximum Gasteiger partial charge on any atom is 0.335 e. The molecule has 0 amide bonds. The van der Waals surface area contributed by atoms with Gasteiger partial charge in [-0.3, -0.25) is 0 Å². The van der Waals surface area contributed by atoms with Crippen LogP contribution in [0, 0.1) is 0 Å². The number of allylic oxidation sites excluding steroid dienone is 3. The van der Waals surface area contributed by atoms with Crippen LogP contribution in [0.5, 0.6) is 5.75 Å². The highest BCUT2D eigenvalue weighted by Gasteiger charge is 2.28. The van der Waals surface area contributed by atoms with E-state index in [0.717, 1.165) is 38.5 Å². The van der Waals surface area contributed by atoms with Crippen LogP contribution in [0.25, 0.3) is 0 Å². The van der Waals surface area contributed by atoms with Crippen LogP contribution in [0.1, 0.15) is 69.7 Å². The number of nitrogens with one attached hydrogen (secondary N) is 1. The van der Waals surface area contributed by atoms with Gasteiger partial charge >= 0.3 is 5.97 Å². The summed E-state index contributed by atoms with van der Waals surface area (Å²) in [5, 5.41) is 9.68. The minimum absolute atomic E-state index is 0.0787. The molecule has 0 saturated carbocycles. The molecule has 0 fully saturated rings. The van der Waals surface area contributed by atoms with Crippen LogP contribution in [-0.4, -0.2) is 39.1 Å². The van der Waals surface area contributed by atoms with Crippen LogP contribution < -0.4 is 14.4 Å². The molecule has 0 unspecified atom stereocenters. The van der Waals surface area contributed by atoms with E-state index < -0.39 is 16.0 Å². The van der Waals surface area contributed by atoms with Crippen molar-refractivity contribution in [3.8, 4) is 5.75 Å². The third-order valence-corrected chi connectivity index (χ3v) is 6.54. The SMILES string of the molecule is CCCCN(CCCC)c1cc(C(=O)O)cc(S(=O)(=O)NCC)c1OC1=CCCC=C1. The largest absolute Gasteiger partial charge is 0.478 e. The maximum atomic E-state index is 13.0. The highest BCUT2D eigenvalue weighted by Crippen LogP contribution is 2.39. The number of nitrogens with zero attached hydrogens (tertiary/aromatic N) is 1. The zero-order valence-corrected chi connectivity index (χ0v) is 19.5. The fourth-order valence-electron chi connectivity index (χ4n) is 3.35. The Morgan fingerprint density at radius 1 is 1.13 bits per heavy atom. The summed E-state index contributed by atoms with van der Waals surface area (Å²) < 4.78 is 34.7. The minimum atomic E-state index is -3.96.